The quantitative estimate of drug-likeness (QED) is 0.717. The van der Waals surface area contributed by atoms with E-state index in [0.29, 0.717) is 0 Å². The van der Waals surface area contributed by atoms with Crippen LogP contribution in [0, 0.1) is 0 Å². The van der Waals surface area contributed by atoms with Gasteiger partial charge in [-0.3, -0.25) is 0 Å². The molecule has 0 unspecified atom stereocenters. The second-order valence-electron chi connectivity index (χ2n) is 3.30. The summed E-state index contributed by atoms with van der Waals surface area (Å²) in [5.74, 6) is -0.921. The molecule has 0 aliphatic carbocycles. The molecule has 1 aliphatic rings. The molecule has 0 amide bonds. The number of hydrogen-bond acceptors (Lipinski definition) is 3. The lowest BCUT2D eigenvalue weighted by atomic mass is 10.4. The van der Waals surface area contributed by atoms with E-state index in [0.717, 1.165) is 26.3 Å². The minimum atomic E-state index is -0.921. The Labute approximate surface area is 88.7 Å². The van der Waals surface area contributed by atoms with Gasteiger partial charge < -0.3 is 19.7 Å². The lowest BCUT2D eigenvalue weighted by molar-refractivity contribution is 0.0503. The van der Waals surface area contributed by atoms with Crippen LogP contribution in [0.25, 0.3) is 0 Å². The summed E-state index contributed by atoms with van der Waals surface area (Å²) in [5.41, 5.74) is 0.227. The number of rotatable bonds is 1. The monoisotopic (exact) mass is 212 g/mol. The van der Waals surface area contributed by atoms with E-state index < -0.39 is 5.97 Å². The minimum Gasteiger partial charge on any atom is -0.477 e. The third-order valence-electron chi connectivity index (χ3n) is 2.06. The van der Waals surface area contributed by atoms with Crippen molar-refractivity contribution in [2.75, 3.05) is 33.4 Å². The molecule has 1 aromatic heterocycles. The normalized spacial score (nSPS) is 16.6. The average molecular weight is 212 g/mol. The van der Waals surface area contributed by atoms with Gasteiger partial charge in [0.1, 0.15) is 5.69 Å². The molecule has 0 saturated carbocycles. The summed E-state index contributed by atoms with van der Waals surface area (Å²) in [6.07, 6.45) is 1.57. The summed E-state index contributed by atoms with van der Waals surface area (Å²) >= 11 is 0. The first-order valence-electron chi connectivity index (χ1n) is 4.83. The third-order valence-corrected chi connectivity index (χ3v) is 2.06. The fourth-order valence-corrected chi connectivity index (χ4v) is 1.12. The Balaban J connectivity index is 0.000000151. The second-order valence-corrected chi connectivity index (χ2v) is 3.30. The molecule has 1 aliphatic heterocycles. The standard InChI is InChI=1S/C5H5NO2.C5H11NO/c7-5(8)4-2-1-3-6-4;1-6-2-4-7-5-3-6/h1-3,6H,(H,7,8);2-5H2,1H3. The summed E-state index contributed by atoms with van der Waals surface area (Å²) in [6, 6.07) is 3.14. The number of H-pyrrole nitrogens is 1. The van der Waals surface area contributed by atoms with E-state index in [-0.39, 0.29) is 5.69 Å². The predicted molar refractivity (Wildman–Crippen MR) is 56.1 cm³/mol. The number of aromatic amines is 1. The van der Waals surface area contributed by atoms with Gasteiger partial charge in [0.15, 0.2) is 0 Å². The number of carboxylic acid groups (broad SMARTS) is 1. The highest BCUT2D eigenvalue weighted by Crippen LogP contribution is 1.91. The zero-order chi connectivity index (χ0) is 11.1. The largest absolute Gasteiger partial charge is 0.477 e. The molecule has 1 fully saturated rings. The van der Waals surface area contributed by atoms with Gasteiger partial charge in [-0.25, -0.2) is 4.79 Å². The molecule has 2 N–H and O–H groups in total. The van der Waals surface area contributed by atoms with E-state index in [1.165, 1.54) is 6.07 Å². The Morgan fingerprint density at radius 3 is 2.47 bits per heavy atom. The van der Waals surface area contributed by atoms with Crippen LogP contribution >= 0.6 is 0 Å². The van der Waals surface area contributed by atoms with Crippen LogP contribution < -0.4 is 0 Å². The number of morpholine rings is 1. The molecule has 2 heterocycles. The molecule has 84 valence electrons. The SMILES string of the molecule is CN1CCOCC1.O=C(O)c1ccc[nH]1. The minimum absolute atomic E-state index is 0.227. The fourth-order valence-electron chi connectivity index (χ4n) is 1.12. The van der Waals surface area contributed by atoms with Gasteiger partial charge >= 0.3 is 5.97 Å². The van der Waals surface area contributed by atoms with Crippen molar-refractivity contribution < 1.29 is 14.6 Å². The molecule has 5 heteroatoms. The zero-order valence-corrected chi connectivity index (χ0v) is 8.77. The number of aromatic nitrogens is 1. The molecule has 0 aromatic carbocycles. The summed E-state index contributed by atoms with van der Waals surface area (Å²) in [6.45, 7) is 4.02. The third kappa shape index (κ3) is 4.62. The van der Waals surface area contributed by atoms with Crippen LogP contribution in [0.4, 0.5) is 0 Å². The van der Waals surface area contributed by atoms with Crippen LogP contribution in [0.2, 0.25) is 0 Å². The van der Waals surface area contributed by atoms with E-state index in [9.17, 15) is 4.79 Å². The highest BCUT2D eigenvalue weighted by molar-refractivity contribution is 5.85. The van der Waals surface area contributed by atoms with Gasteiger partial charge in [-0.2, -0.15) is 0 Å². The second kappa shape index (κ2) is 6.21. The zero-order valence-electron chi connectivity index (χ0n) is 8.77. The Kier molecular flexibility index (Phi) is 4.86. The van der Waals surface area contributed by atoms with Crippen molar-refractivity contribution in [1.82, 2.24) is 9.88 Å². The first-order chi connectivity index (χ1) is 7.20. The van der Waals surface area contributed by atoms with Crippen molar-refractivity contribution in [3.05, 3.63) is 24.0 Å². The maximum Gasteiger partial charge on any atom is 0.352 e. The van der Waals surface area contributed by atoms with Gasteiger partial charge in [0.25, 0.3) is 0 Å². The maximum atomic E-state index is 10.0. The molecule has 2 rings (SSSR count). The smallest absolute Gasteiger partial charge is 0.352 e. The van der Waals surface area contributed by atoms with Gasteiger partial charge in [-0.1, -0.05) is 0 Å². The predicted octanol–water partition coefficient (Wildman–Crippen LogP) is 0.661. The lowest BCUT2D eigenvalue weighted by Crippen LogP contribution is -2.32. The number of hydrogen-bond donors (Lipinski definition) is 2. The van der Waals surface area contributed by atoms with Crippen molar-refractivity contribution in [2.45, 2.75) is 0 Å². The molecule has 5 nitrogen and oxygen atoms in total. The van der Waals surface area contributed by atoms with Crippen LogP contribution in [0.1, 0.15) is 10.5 Å². The molecule has 0 bridgehead atoms. The van der Waals surface area contributed by atoms with Gasteiger partial charge in [0.05, 0.1) is 13.2 Å². The Bertz CT molecular complexity index is 279. The summed E-state index contributed by atoms with van der Waals surface area (Å²) in [4.78, 5) is 14.8. The number of ether oxygens (including phenoxy) is 1. The van der Waals surface area contributed by atoms with Crippen molar-refractivity contribution in [3.8, 4) is 0 Å². The lowest BCUT2D eigenvalue weighted by Gasteiger charge is -2.21. The topological polar surface area (TPSA) is 65.6 Å². The van der Waals surface area contributed by atoms with Crippen molar-refractivity contribution >= 4 is 5.97 Å². The molecule has 0 radical (unpaired) electrons. The number of likely N-dealkylation sites (N-methyl/N-ethyl adjacent to an activating group) is 1. The highest BCUT2D eigenvalue weighted by Gasteiger charge is 2.02. The molecular weight excluding hydrogens is 196 g/mol. The van der Waals surface area contributed by atoms with Crippen molar-refractivity contribution in [2.24, 2.45) is 0 Å². The van der Waals surface area contributed by atoms with E-state index in [4.69, 9.17) is 9.84 Å². The Hall–Kier alpha value is -1.33. The van der Waals surface area contributed by atoms with E-state index >= 15 is 0 Å². The number of nitrogens with one attached hydrogen (secondary N) is 1. The molecule has 15 heavy (non-hydrogen) atoms. The molecule has 1 saturated heterocycles. The Morgan fingerprint density at radius 2 is 2.20 bits per heavy atom. The first kappa shape index (κ1) is 11.7. The van der Waals surface area contributed by atoms with Crippen LogP contribution in [-0.4, -0.2) is 54.3 Å². The van der Waals surface area contributed by atoms with E-state index in [1.54, 1.807) is 12.3 Å². The maximum absolute atomic E-state index is 10.0. The van der Waals surface area contributed by atoms with E-state index in [2.05, 4.69) is 16.9 Å². The summed E-state index contributed by atoms with van der Waals surface area (Å²) < 4.78 is 5.10. The van der Waals surface area contributed by atoms with Crippen LogP contribution in [0.15, 0.2) is 18.3 Å². The number of aromatic carboxylic acids is 1. The average Bonchev–Trinajstić information content (AvgIpc) is 2.72. The molecule has 0 spiro atoms. The molecule has 0 atom stereocenters. The summed E-state index contributed by atoms with van der Waals surface area (Å²) in [5, 5.41) is 8.24. The van der Waals surface area contributed by atoms with Gasteiger partial charge in [-0.15, -0.1) is 0 Å². The van der Waals surface area contributed by atoms with Gasteiger partial charge in [0, 0.05) is 19.3 Å². The number of carboxylic acids is 1. The fraction of sp³-hybridized carbons (Fsp3) is 0.500. The highest BCUT2D eigenvalue weighted by atomic mass is 16.5. The van der Waals surface area contributed by atoms with Crippen LogP contribution in [0.3, 0.4) is 0 Å². The van der Waals surface area contributed by atoms with Crippen molar-refractivity contribution in [1.29, 1.82) is 0 Å². The van der Waals surface area contributed by atoms with Crippen molar-refractivity contribution in [3.63, 3.8) is 0 Å². The number of nitrogens with zero attached hydrogens (tertiary/aromatic N) is 1. The molecule has 1 aromatic rings. The summed E-state index contributed by atoms with van der Waals surface area (Å²) in [7, 11) is 2.11. The van der Waals surface area contributed by atoms with Crippen LogP contribution in [0.5, 0.6) is 0 Å². The molecular formula is C10H16N2O3. The van der Waals surface area contributed by atoms with E-state index in [1.807, 2.05) is 0 Å². The van der Waals surface area contributed by atoms with Gasteiger partial charge in [-0.05, 0) is 19.2 Å². The van der Waals surface area contributed by atoms with Crippen LogP contribution in [-0.2, 0) is 4.74 Å². The first-order valence-corrected chi connectivity index (χ1v) is 4.83. The number of carbonyl (C=O) groups is 1. The van der Waals surface area contributed by atoms with Gasteiger partial charge in [0.2, 0.25) is 0 Å². The Morgan fingerprint density at radius 1 is 1.53 bits per heavy atom.